The molecular weight excluding hydrogens is 368 g/mol. The first-order valence-electron chi connectivity index (χ1n) is 10.0. The molecule has 28 heavy (non-hydrogen) atoms. The highest BCUT2D eigenvalue weighted by Gasteiger charge is 2.97. The van der Waals surface area contributed by atoms with Crippen LogP contribution in [0, 0.1) is 34.0 Å². The van der Waals surface area contributed by atoms with Gasteiger partial charge in [-0.05, 0) is 24.2 Å². The first kappa shape index (κ1) is 17.2. The zero-order chi connectivity index (χ0) is 20.0. The molecule has 6 rings (SSSR count). The largest absolute Gasteiger partial charge is 0.462 e. The molecule has 8 heteroatoms. The fourth-order valence-corrected chi connectivity index (χ4v) is 8.09. The molecule has 4 heterocycles. The Labute approximate surface area is 161 Å². The quantitative estimate of drug-likeness (QED) is 0.470. The maximum absolute atomic E-state index is 13.3. The van der Waals surface area contributed by atoms with Gasteiger partial charge in [-0.15, -0.1) is 0 Å². The predicted octanol–water partition coefficient (Wildman–Crippen LogP) is 0.545. The fraction of sp³-hybridized carbons (Fsp3) is 0.850. The lowest BCUT2D eigenvalue weighted by Gasteiger charge is -2.46. The van der Waals surface area contributed by atoms with E-state index in [0.717, 1.165) is 0 Å². The lowest BCUT2D eigenvalue weighted by Crippen LogP contribution is -2.59. The zero-order valence-corrected chi connectivity index (χ0v) is 16.3. The van der Waals surface area contributed by atoms with Gasteiger partial charge in [-0.2, -0.15) is 0 Å². The maximum Gasteiger partial charge on any atom is 0.340 e. The summed E-state index contributed by atoms with van der Waals surface area (Å²) < 4.78 is 23.3. The number of esters is 3. The van der Waals surface area contributed by atoms with Gasteiger partial charge < -0.3 is 24.1 Å². The number of hydrogen-bond donors (Lipinski definition) is 1. The minimum absolute atomic E-state index is 0.170. The molecule has 4 saturated heterocycles. The highest BCUT2D eigenvalue weighted by Crippen LogP contribution is 2.83. The van der Waals surface area contributed by atoms with Gasteiger partial charge >= 0.3 is 17.9 Å². The van der Waals surface area contributed by atoms with Crippen LogP contribution in [0.3, 0.4) is 0 Å². The minimum Gasteiger partial charge on any atom is -0.462 e. The second-order valence-electron chi connectivity index (χ2n) is 10.5. The molecule has 2 spiro atoms. The Morgan fingerprint density at radius 2 is 1.79 bits per heavy atom. The molecule has 7 unspecified atom stereocenters. The van der Waals surface area contributed by atoms with Crippen LogP contribution in [0.2, 0.25) is 0 Å². The number of fused-ring (bicyclic) bond motifs is 1. The molecule has 2 saturated carbocycles. The van der Waals surface area contributed by atoms with Crippen LogP contribution >= 0.6 is 0 Å². The molecule has 1 N–H and O–H groups in total. The molecule has 2 aliphatic carbocycles. The smallest absolute Gasteiger partial charge is 0.340 e. The van der Waals surface area contributed by atoms with Gasteiger partial charge in [0.05, 0.1) is 16.7 Å². The summed E-state index contributed by atoms with van der Waals surface area (Å²) in [6.07, 6.45) is -2.58. The standard InChI is InChI=1S/C20H24O8/c1-7-11-8(25-13(7)22)6-18-10-5-9(17(2,3)4)19(18)12(21)14(23)27-16(19)28-20(11,18)15(24)26-10/h7-12,16,21H,5-6H2,1-4H3/t7-,8?,9-,10?,11?,12-,16?,18?,19?,20?/m0/s1. The average molecular weight is 392 g/mol. The van der Waals surface area contributed by atoms with Crippen LogP contribution in [0.15, 0.2) is 0 Å². The lowest BCUT2D eigenvalue weighted by atomic mass is 9.52. The molecule has 0 aromatic carbocycles. The molecule has 0 bridgehead atoms. The normalized spacial score (nSPS) is 58.2. The van der Waals surface area contributed by atoms with Crippen LogP contribution in [0.1, 0.15) is 40.5 Å². The summed E-state index contributed by atoms with van der Waals surface area (Å²) in [6.45, 7) is 7.90. The van der Waals surface area contributed by atoms with Crippen molar-refractivity contribution < 1.29 is 38.4 Å². The topological polar surface area (TPSA) is 108 Å². The van der Waals surface area contributed by atoms with Crippen molar-refractivity contribution in [3.8, 4) is 0 Å². The third kappa shape index (κ3) is 1.32. The molecule has 0 radical (unpaired) electrons. The molecule has 8 nitrogen and oxygen atoms in total. The van der Waals surface area contributed by atoms with E-state index in [2.05, 4.69) is 20.8 Å². The Morgan fingerprint density at radius 3 is 2.46 bits per heavy atom. The second-order valence-corrected chi connectivity index (χ2v) is 10.5. The molecular formula is C20H24O8. The Balaban J connectivity index is 1.65. The van der Waals surface area contributed by atoms with Gasteiger partial charge in [0.2, 0.25) is 6.29 Å². The number of carbonyl (C=O) groups is 3. The minimum atomic E-state index is -1.43. The number of aliphatic hydroxyl groups is 1. The molecule has 10 atom stereocenters. The van der Waals surface area contributed by atoms with Crippen molar-refractivity contribution in [2.75, 3.05) is 0 Å². The molecule has 0 aromatic rings. The van der Waals surface area contributed by atoms with Crippen molar-refractivity contribution in [2.45, 2.75) is 70.7 Å². The van der Waals surface area contributed by atoms with E-state index in [-0.39, 0.29) is 17.3 Å². The van der Waals surface area contributed by atoms with Gasteiger partial charge in [0.15, 0.2) is 11.7 Å². The first-order chi connectivity index (χ1) is 13.0. The number of carbonyl (C=O) groups excluding carboxylic acids is 3. The van der Waals surface area contributed by atoms with Gasteiger partial charge in [-0.1, -0.05) is 27.7 Å². The molecule has 0 amide bonds. The van der Waals surface area contributed by atoms with Crippen LogP contribution < -0.4 is 0 Å². The van der Waals surface area contributed by atoms with E-state index in [1.165, 1.54) is 0 Å². The second kappa shape index (κ2) is 4.41. The summed E-state index contributed by atoms with van der Waals surface area (Å²) in [5.74, 6) is -2.80. The summed E-state index contributed by atoms with van der Waals surface area (Å²) in [7, 11) is 0. The monoisotopic (exact) mass is 392 g/mol. The van der Waals surface area contributed by atoms with E-state index in [1.54, 1.807) is 6.92 Å². The molecule has 0 aromatic heterocycles. The van der Waals surface area contributed by atoms with E-state index >= 15 is 0 Å². The Bertz CT molecular complexity index is 846. The Morgan fingerprint density at radius 1 is 1.07 bits per heavy atom. The van der Waals surface area contributed by atoms with Crippen molar-refractivity contribution in [3.05, 3.63) is 0 Å². The van der Waals surface area contributed by atoms with Gasteiger partial charge in [0, 0.05) is 5.92 Å². The number of ether oxygens (including phenoxy) is 4. The fourth-order valence-electron chi connectivity index (χ4n) is 8.09. The Hall–Kier alpha value is -1.67. The van der Waals surface area contributed by atoms with E-state index < -0.39 is 64.8 Å². The molecule has 4 aliphatic heterocycles. The van der Waals surface area contributed by atoms with Crippen molar-refractivity contribution >= 4 is 17.9 Å². The zero-order valence-electron chi connectivity index (χ0n) is 16.3. The predicted molar refractivity (Wildman–Crippen MR) is 89.2 cm³/mol. The van der Waals surface area contributed by atoms with E-state index in [4.69, 9.17) is 18.9 Å². The van der Waals surface area contributed by atoms with Crippen molar-refractivity contribution in [1.82, 2.24) is 0 Å². The molecule has 6 aliphatic rings. The number of rotatable bonds is 0. The van der Waals surface area contributed by atoms with Crippen molar-refractivity contribution in [2.24, 2.45) is 34.0 Å². The van der Waals surface area contributed by atoms with E-state index in [0.29, 0.717) is 12.8 Å². The first-order valence-corrected chi connectivity index (χ1v) is 10.0. The van der Waals surface area contributed by atoms with Gasteiger partial charge in [0.1, 0.15) is 12.2 Å². The van der Waals surface area contributed by atoms with Crippen LogP contribution in [0.4, 0.5) is 0 Å². The number of hydrogen-bond acceptors (Lipinski definition) is 8. The third-order valence-corrected chi connectivity index (χ3v) is 8.76. The van der Waals surface area contributed by atoms with Crippen LogP contribution in [-0.4, -0.2) is 53.2 Å². The molecule has 152 valence electrons. The van der Waals surface area contributed by atoms with E-state index in [1.807, 2.05) is 0 Å². The third-order valence-electron chi connectivity index (χ3n) is 8.76. The summed E-state index contributed by atoms with van der Waals surface area (Å²) in [6, 6.07) is 0. The van der Waals surface area contributed by atoms with E-state index in [9.17, 15) is 19.5 Å². The maximum atomic E-state index is 13.3. The summed E-state index contributed by atoms with van der Waals surface area (Å²) in [4.78, 5) is 38.0. The summed E-state index contributed by atoms with van der Waals surface area (Å²) in [5, 5.41) is 11.2. The average Bonchev–Trinajstić information content (AvgIpc) is 3.30. The number of aliphatic hydroxyl groups excluding tert-OH is 1. The lowest BCUT2D eigenvalue weighted by molar-refractivity contribution is -0.206. The highest BCUT2D eigenvalue weighted by atomic mass is 16.7. The van der Waals surface area contributed by atoms with Gasteiger partial charge in [0.25, 0.3) is 0 Å². The van der Waals surface area contributed by atoms with Crippen LogP contribution in [0.25, 0.3) is 0 Å². The SMILES string of the molecule is C[C@@H]1C(=O)OC2CC34C5C[C@@H](C(C)(C)C)C36C(OC(=O)[C@@H]6O)OC4(C(=O)O5)C21. The summed E-state index contributed by atoms with van der Waals surface area (Å²) >= 11 is 0. The molecule has 6 fully saturated rings. The van der Waals surface area contributed by atoms with Crippen molar-refractivity contribution in [3.63, 3.8) is 0 Å². The van der Waals surface area contributed by atoms with Gasteiger partial charge in [-0.3, -0.25) is 4.79 Å². The van der Waals surface area contributed by atoms with Gasteiger partial charge in [-0.25, -0.2) is 9.59 Å². The van der Waals surface area contributed by atoms with Crippen LogP contribution in [0.5, 0.6) is 0 Å². The summed E-state index contributed by atoms with van der Waals surface area (Å²) in [5.41, 5.74) is -3.77. The Kier molecular flexibility index (Phi) is 2.71. The van der Waals surface area contributed by atoms with Crippen molar-refractivity contribution in [1.29, 1.82) is 0 Å². The highest BCUT2D eigenvalue weighted by molar-refractivity contribution is 5.91. The van der Waals surface area contributed by atoms with Crippen LogP contribution in [-0.2, 0) is 33.3 Å².